The number of amides is 2. The van der Waals surface area contributed by atoms with Gasteiger partial charge in [-0.05, 0) is 31.4 Å². The Balaban J connectivity index is 1.64. The first kappa shape index (κ1) is 17.2. The molecule has 0 unspecified atom stereocenters. The van der Waals surface area contributed by atoms with Gasteiger partial charge in [0, 0.05) is 25.0 Å². The van der Waals surface area contributed by atoms with Crippen LogP contribution >= 0.6 is 11.6 Å². The van der Waals surface area contributed by atoms with E-state index in [1.807, 2.05) is 18.2 Å². The van der Waals surface area contributed by atoms with Gasteiger partial charge in [0.25, 0.3) is 5.91 Å². The quantitative estimate of drug-likeness (QED) is 0.800. The molecule has 2 aliphatic rings. The molecule has 26 heavy (non-hydrogen) atoms. The Morgan fingerprint density at radius 3 is 3.00 bits per heavy atom. The summed E-state index contributed by atoms with van der Waals surface area (Å²) in [5.74, 6) is -0.403. The lowest BCUT2D eigenvalue weighted by Gasteiger charge is -2.46. The van der Waals surface area contributed by atoms with Gasteiger partial charge in [0.2, 0.25) is 5.91 Å². The molecule has 4 rings (SSSR count). The van der Waals surface area contributed by atoms with Crippen LogP contribution in [0.15, 0.2) is 30.3 Å². The SMILES string of the molecule is O=C(c1ccc2cccc(Cl)c2n1)N1CC[C@@H](O)[C@@]2(CCCNC2=O)C1. The first-order valence-electron chi connectivity index (χ1n) is 8.82. The molecule has 7 heteroatoms. The zero-order valence-corrected chi connectivity index (χ0v) is 15.0. The minimum Gasteiger partial charge on any atom is -0.392 e. The average Bonchev–Trinajstić information content (AvgIpc) is 2.66. The van der Waals surface area contributed by atoms with Crippen LogP contribution in [0.1, 0.15) is 29.8 Å². The van der Waals surface area contributed by atoms with Crippen LogP contribution in [0.3, 0.4) is 0 Å². The van der Waals surface area contributed by atoms with Gasteiger partial charge in [-0.25, -0.2) is 4.98 Å². The average molecular weight is 374 g/mol. The number of aliphatic hydroxyl groups is 1. The highest BCUT2D eigenvalue weighted by Crippen LogP contribution is 2.37. The molecule has 0 aliphatic carbocycles. The molecule has 1 aromatic heterocycles. The number of hydrogen-bond acceptors (Lipinski definition) is 4. The Morgan fingerprint density at radius 1 is 1.35 bits per heavy atom. The first-order chi connectivity index (χ1) is 12.5. The summed E-state index contributed by atoms with van der Waals surface area (Å²) in [6, 6.07) is 8.97. The molecule has 0 saturated carbocycles. The van der Waals surface area contributed by atoms with E-state index in [0.717, 1.165) is 11.8 Å². The molecule has 2 N–H and O–H groups in total. The van der Waals surface area contributed by atoms with Crippen molar-refractivity contribution in [1.29, 1.82) is 0 Å². The number of fused-ring (bicyclic) bond motifs is 1. The second-order valence-electron chi connectivity index (χ2n) is 7.05. The van der Waals surface area contributed by atoms with E-state index in [0.29, 0.717) is 42.2 Å². The topological polar surface area (TPSA) is 82.5 Å². The van der Waals surface area contributed by atoms with Gasteiger partial charge >= 0.3 is 0 Å². The largest absolute Gasteiger partial charge is 0.392 e. The van der Waals surface area contributed by atoms with Crippen LogP contribution in [0.4, 0.5) is 0 Å². The maximum atomic E-state index is 13.0. The number of likely N-dealkylation sites (tertiary alicyclic amines) is 1. The van der Waals surface area contributed by atoms with Gasteiger partial charge in [-0.3, -0.25) is 9.59 Å². The molecule has 2 saturated heterocycles. The summed E-state index contributed by atoms with van der Waals surface area (Å²) >= 11 is 6.20. The predicted octanol–water partition coefficient (Wildman–Crippen LogP) is 1.99. The molecule has 2 aromatic rings. The van der Waals surface area contributed by atoms with E-state index in [9.17, 15) is 14.7 Å². The van der Waals surface area contributed by atoms with E-state index in [-0.39, 0.29) is 18.4 Å². The third-order valence-electron chi connectivity index (χ3n) is 5.50. The Morgan fingerprint density at radius 2 is 2.19 bits per heavy atom. The molecule has 2 atom stereocenters. The molecule has 2 amide bonds. The summed E-state index contributed by atoms with van der Waals surface area (Å²) in [6.45, 7) is 1.23. The number of halogens is 1. The second kappa shape index (κ2) is 6.52. The molecule has 2 aliphatic heterocycles. The minimum atomic E-state index is -0.916. The number of hydrogen-bond donors (Lipinski definition) is 2. The Hall–Kier alpha value is -2.18. The van der Waals surface area contributed by atoms with Crippen LogP contribution in [-0.2, 0) is 4.79 Å². The van der Waals surface area contributed by atoms with Crippen LogP contribution in [0, 0.1) is 5.41 Å². The van der Waals surface area contributed by atoms with Crippen molar-refractivity contribution in [3.63, 3.8) is 0 Å². The van der Waals surface area contributed by atoms with Gasteiger partial charge in [-0.15, -0.1) is 0 Å². The summed E-state index contributed by atoms with van der Waals surface area (Å²) in [6.07, 6.45) is 1.04. The number of carbonyl (C=O) groups is 2. The lowest BCUT2D eigenvalue weighted by molar-refractivity contribution is -0.147. The number of piperidine rings is 2. The molecule has 1 spiro atoms. The normalized spacial score (nSPS) is 26.2. The van der Waals surface area contributed by atoms with Gasteiger partial charge in [-0.2, -0.15) is 0 Å². The Bertz CT molecular complexity index is 887. The summed E-state index contributed by atoms with van der Waals surface area (Å²) in [5.41, 5.74) is -0.0313. The highest BCUT2D eigenvalue weighted by Gasteiger charge is 2.50. The van der Waals surface area contributed by atoms with E-state index >= 15 is 0 Å². The maximum absolute atomic E-state index is 13.0. The number of pyridine rings is 1. The fourth-order valence-corrected chi connectivity index (χ4v) is 4.23. The van der Waals surface area contributed by atoms with Crippen molar-refractivity contribution < 1.29 is 14.7 Å². The number of aromatic nitrogens is 1. The zero-order chi connectivity index (χ0) is 18.3. The predicted molar refractivity (Wildman–Crippen MR) is 98.0 cm³/mol. The number of aliphatic hydroxyl groups excluding tert-OH is 1. The lowest BCUT2D eigenvalue weighted by Crippen LogP contribution is -2.62. The number of nitrogens with one attached hydrogen (secondary N) is 1. The third-order valence-corrected chi connectivity index (χ3v) is 5.80. The van der Waals surface area contributed by atoms with E-state index < -0.39 is 11.5 Å². The molecular weight excluding hydrogens is 354 g/mol. The number of para-hydroxylation sites is 1. The van der Waals surface area contributed by atoms with Crippen LogP contribution in [0.5, 0.6) is 0 Å². The molecule has 1 aromatic carbocycles. The number of rotatable bonds is 1. The van der Waals surface area contributed by atoms with Crippen molar-refractivity contribution in [1.82, 2.24) is 15.2 Å². The summed E-state index contributed by atoms with van der Waals surface area (Å²) < 4.78 is 0. The molecule has 3 heterocycles. The van der Waals surface area contributed by atoms with Crippen LogP contribution in [0.25, 0.3) is 10.9 Å². The lowest BCUT2D eigenvalue weighted by atomic mass is 9.71. The van der Waals surface area contributed by atoms with Crippen molar-refractivity contribution in [3.05, 3.63) is 41.0 Å². The van der Waals surface area contributed by atoms with Crippen molar-refractivity contribution in [2.45, 2.75) is 25.4 Å². The smallest absolute Gasteiger partial charge is 0.272 e. The van der Waals surface area contributed by atoms with E-state index in [4.69, 9.17) is 11.6 Å². The standard InChI is InChI=1S/C19H20ClN3O3/c20-13-4-1-3-12-5-6-14(22-16(12)13)17(25)23-10-7-15(24)19(11-23)8-2-9-21-18(19)26/h1,3-6,15,24H,2,7-11H2,(H,21,26)/t15-,19-/m1/s1. The zero-order valence-electron chi connectivity index (χ0n) is 14.2. The number of benzene rings is 1. The summed E-state index contributed by atoms with van der Waals surface area (Å²) in [7, 11) is 0. The summed E-state index contributed by atoms with van der Waals surface area (Å²) in [4.78, 5) is 31.5. The molecule has 0 bridgehead atoms. The van der Waals surface area contributed by atoms with E-state index in [2.05, 4.69) is 10.3 Å². The van der Waals surface area contributed by atoms with E-state index in [1.165, 1.54) is 0 Å². The van der Waals surface area contributed by atoms with E-state index in [1.54, 1.807) is 17.0 Å². The first-order valence-corrected chi connectivity index (χ1v) is 9.20. The highest BCUT2D eigenvalue weighted by molar-refractivity contribution is 6.35. The van der Waals surface area contributed by atoms with Crippen LogP contribution in [0.2, 0.25) is 5.02 Å². The summed E-state index contributed by atoms with van der Waals surface area (Å²) in [5, 5.41) is 14.7. The van der Waals surface area contributed by atoms with Crippen molar-refractivity contribution >= 4 is 34.3 Å². The van der Waals surface area contributed by atoms with Crippen molar-refractivity contribution in [2.75, 3.05) is 19.6 Å². The Kier molecular flexibility index (Phi) is 4.32. The second-order valence-corrected chi connectivity index (χ2v) is 7.46. The van der Waals surface area contributed by atoms with Gasteiger partial charge in [0.15, 0.2) is 0 Å². The third kappa shape index (κ3) is 2.73. The minimum absolute atomic E-state index is 0.164. The molecule has 136 valence electrons. The fraction of sp³-hybridized carbons (Fsp3) is 0.421. The van der Waals surface area contributed by atoms with Gasteiger partial charge in [0.05, 0.1) is 22.1 Å². The van der Waals surface area contributed by atoms with Crippen LogP contribution < -0.4 is 5.32 Å². The fourth-order valence-electron chi connectivity index (χ4n) is 4.01. The molecule has 6 nitrogen and oxygen atoms in total. The molecule has 2 fully saturated rings. The van der Waals surface area contributed by atoms with Crippen molar-refractivity contribution in [2.24, 2.45) is 5.41 Å². The molecule has 0 radical (unpaired) electrons. The number of nitrogens with zero attached hydrogens (tertiary/aromatic N) is 2. The maximum Gasteiger partial charge on any atom is 0.272 e. The highest BCUT2D eigenvalue weighted by atomic mass is 35.5. The van der Waals surface area contributed by atoms with Crippen molar-refractivity contribution in [3.8, 4) is 0 Å². The Labute approximate surface area is 156 Å². The van der Waals surface area contributed by atoms with Gasteiger partial charge in [0.1, 0.15) is 5.69 Å². The van der Waals surface area contributed by atoms with Crippen LogP contribution in [-0.4, -0.2) is 52.5 Å². The van der Waals surface area contributed by atoms with Gasteiger partial charge in [-0.1, -0.05) is 29.8 Å². The van der Waals surface area contributed by atoms with Gasteiger partial charge < -0.3 is 15.3 Å². The molecular formula is C19H20ClN3O3. The monoisotopic (exact) mass is 373 g/mol. The number of carbonyl (C=O) groups excluding carboxylic acids is 2.